The van der Waals surface area contributed by atoms with Gasteiger partial charge in [0.05, 0.1) is 18.6 Å². The molecule has 2 heterocycles. The van der Waals surface area contributed by atoms with E-state index in [1.54, 1.807) is 6.92 Å². The van der Waals surface area contributed by atoms with E-state index in [1.807, 2.05) is 0 Å². The monoisotopic (exact) mass is 270 g/mol. The second-order valence-corrected chi connectivity index (χ2v) is 5.06. The van der Waals surface area contributed by atoms with E-state index in [-0.39, 0.29) is 23.6 Å². The lowest BCUT2D eigenvalue weighted by Gasteiger charge is -2.14. The van der Waals surface area contributed by atoms with Crippen molar-refractivity contribution in [1.82, 2.24) is 10.3 Å². The molecule has 0 aromatic carbocycles. The lowest BCUT2D eigenvalue weighted by atomic mass is 10.1. The molecule has 2 atom stereocenters. The van der Waals surface area contributed by atoms with E-state index in [1.165, 1.54) is 16.7 Å². The fourth-order valence-corrected chi connectivity index (χ4v) is 2.52. The molecule has 1 saturated heterocycles. The van der Waals surface area contributed by atoms with Crippen molar-refractivity contribution in [3.63, 3.8) is 0 Å². The molecule has 1 fully saturated rings. The zero-order chi connectivity index (χ0) is 13.1. The second kappa shape index (κ2) is 5.45. The molecule has 2 N–H and O–H groups in total. The van der Waals surface area contributed by atoms with Crippen LogP contribution in [-0.2, 0) is 9.53 Å². The Labute approximate surface area is 108 Å². The van der Waals surface area contributed by atoms with Crippen molar-refractivity contribution in [2.45, 2.75) is 19.4 Å². The summed E-state index contributed by atoms with van der Waals surface area (Å²) in [5, 5.41) is 13.7. The number of rotatable bonds is 4. The maximum absolute atomic E-state index is 11.8. The predicted molar refractivity (Wildman–Crippen MR) is 64.6 cm³/mol. The van der Waals surface area contributed by atoms with E-state index in [0.717, 1.165) is 6.42 Å². The number of carboxylic acid groups (broad SMARTS) is 1. The number of thiazole rings is 1. The fourth-order valence-electron chi connectivity index (χ4n) is 1.72. The van der Waals surface area contributed by atoms with Crippen LogP contribution in [0.4, 0.5) is 0 Å². The van der Waals surface area contributed by atoms with Crippen LogP contribution in [-0.4, -0.2) is 35.2 Å². The third-order valence-corrected chi connectivity index (χ3v) is 3.80. The molecule has 2 unspecified atom stereocenters. The second-order valence-electron chi connectivity index (χ2n) is 4.17. The molecule has 1 aromatic heterocycles. The van der Waals surface area contributed by atoms with Crippen LogP contribution in [0, 0.1) is 5.92 Å². The number of carboxylic acids is 1. The van der Waals surface area contributed by atoms with Gasteiger partial charge in [0, 0.05) is 12.0 Å². The third kappa shape index (κ3) is 2.85. The number of nitrogens with zero attached hydrogens (tertiary/aromatic N) is 1. The number of ether oxygens (including phenoxy) is 1. The third-order valence-electron chi connectivity index (χ3n) is 2.77. The highest BCUT2D eigenvalue weighted by Crippen LogP contribution is 2.20. The van der Waals surface area contributed by atoms with Gasteiger partial charge in [-0.2, -0.15) is 0 Å². The number of carbonyl (C=O) groups is 2. The Morgan fingerprint density at radius 3 is 3.00 bits per heavy atom. The molecule has 0 aliphatic carbocycles. The van der Waals surface area contributed by atoms with Crippen LogP contribution in [0.25, 0.3) is 0 Å². The van der Waals surface area contributed by atoms with Gasteiger partial charge < -0.3 is 15.2 Å². The minimum absolute atomic E-state index is 0.0142. The van der Waals surface area contributed by atoms with E-state index in [2.05, 4.69) is 10.3 Å². The number of nitrogens with one attached hydrogen (secondary N) is 1. The zero-order valence-corrected chi connectivity index (χ0v) is 10.7. The van der Waals surface area contributed by atoms with E-state index in [4.69, 9.17) is 9.84 Å². The predicted octanol–water partition coefficient (Wildman–Crippen LogP) is 1.06. The molecular weight excluding hydrogens is 256 g/mol. The number of amides is 1. The van der Waals surface area contributed by atoms with E-state index < -0.39 is 5.97 Å². The molecule has 1 aliphatic heterocycles. The van der Waals surface area contributed by atoms with E-state index in [0.29, 0.717) is 18.2 Å². The average Bonchev–Trinajstić information content (AvgIpc) is 3.00. The lowest BCUT2D eigenvalue weighted by Crippen LogP contribution is -2.33. The standard InChI is InChI=1S/C11H14N2O4S/c1-6(10-13-8(5-18-10)11(15)16)12-9(14)7-2-3-17-4-7/h5-7H,2-4H2,1H3,(H,12,14)(H,15,16). The Balaban J connectivity index is 1.95. The summed E-state index contributed by atoms with van der Waals surface area (Å²) in [5.74, 6) is -1.22. The van der Waals surface area contributed by atoms with Crippen LogP contribution >= 0.6 is 11.3 Å². The smallest absolute Gasteiger partial charge is 0.355 e. The molecule has 1 aromatic rings. The van der Waals surface area contributed by atoms with Gasteiger partial charge in [-0.1, -0.05) is 0 Å². The van der Waals surface area contributed by atoms with Crippen LogP contribution in [0.3, 0.4) is 0 Å². The molecule has 2 rings (SSSR count). The maximum Gasteiger partial charge on any atom is 0.355 e. The van der Waals surface area contributed by atoms with Crippen LogP contribution in [0.2, 0.25) is 0 Å². The first kappa shape index (κ1) is 13.0. The van der Waals surface area contributed by atoms with Crippen molar-refractivity contribution in [2.24, 2.45) is 5.92 Å². The summed E-state index contributed by atoms with van der Waals surface area (Å²) in [7, 11) is 0. The molecule has 1 amide bonds. The first-order valence-corrected chi connectivity index (χ1v) is 6.52. The van der Waals surface area contributed by atoms with Gasteiger partial charge in [-0.05, 0) is 13.3 Å². The topological polar surface area (TPSA) is 88.5 Å². The van der Waals surface area contributed by atoms with Crippen molar-refractivity contribution >= 4 is 23.2 Å². The van der Waals surface area contributed by atoms with Crippen LogP contribution in [0.15, 0.2) is 5.38 Å². The highest BCUT2D eigenvalue weighted by molar-refractivity contribution is 7.09. The Hall–Kier alpha value is -1.47. The SMILES string of the molecule is CC(NC(=O)C1CCOC1)c1nc(C(=O)O)cs1. The van der Waals surface area contributed by atoms with Gasteiger partial charge in [0.25, 0.3) is 0 Å². The van der Waals surface area contributed by atoms with Crippen molar-refractivity contribution in [3.05, 3.63) is 16.1 Å². The summed E-state index contributed by atoms with van der Waals surface area (Å²) in [4.78, 5) is 26.5. The molecule has 0 spiro atoms. The van der Waals surface area contributed by atoms with Crippen molar-refractivity contribution in [1.29, 1.82) is 0 Å². The van der Waals surface area contributed by atoms with Crippen LogP contribution < -0.4 is 5.32 Å². The Bertz CT molecular complexity index is 454. The van der Waals surface area contributed by atoms with Crippen molar-refractivity contribution in [3.8, 4) is 0 Å². The highest BCUT2D eigenvalue weighted by atomic mass is 32.1. The van der Waals surface area contributed by atoms with Crippen LogP contribution in [0.1, 0.15) is 34.9 Å². The number of hydrogen-bond donors (Lipinski definition) is 2. The normalized spacial score (nSPS) is 20.6. The number of aromatic nitrogens is 1. The van der Waals surface area contributed by atoms with Gasteiger partial charge >= 0.3 is 5.97 Å². The summed E-state index contributed by atoms with van der Waals surface area (Å²) < 4.78 is 5.15. The summed E-state index contributed by atoms with van der Waals surface area (Å²) in [6, 6.07) is -0.281. The Morgan fingerprint density at radius 2 is 2.44 bits per heavy atom. The first-order valence-electron chi connectivity index (χ1n) is 5.64. The van der Waals surface area contributed by atoms with Gasteiger partial charge in [-0.15, -0.1) is 11.3 Å². The number of hydrogen-bond acceptors (Lipinski definition) is 5. The molecule has 98 valence electrons. The average molecular weight is 270 g/mol. The molecule has 1 aliphatic rings. The largest absolute Gasteiger partial charge is 0.476 e. The maximum atomic E-state index is 11.8. The molecule has 0 bridgehead atoms. The van der Waals surface area contributed by atoms with E-state index in [9.17, 15) is 9.59 Å². The molecule has 18 heavy (non-hydrogen) atoms. The van der Waals surface area contributed by atoms with Gasteiger partial charge in [-0.25, -0.2) is 9.78 Å². The molecule has 7 heteroatoms. The Morgan fingerprint density at radius 1 is 1.67 bits per heavy atom. The molecular formula is C11H14N2O4S. The number of carbonyl (C=O) groups excluding carboxylic acids is 1. The van der Waals surface area contributed by atoms with Gasteiger partial charge in [0.2, 0.25) is 5.91 Å². The van der Waals surface area contributed by atoms with Crippen LogP contribution in [0.5, 0.6) is 0 Å². The fraction of sp³-hybridized carbons (Fsp3) is 0.545. The van der Waals surface area contributed by atoms with Gasteiger partial charge in [-0.3, -0.25) is 4.79 Å². The minimum atomic E-state index is -1.06. The molecule has 0 saturated carbocycles. The van der Waals surface area contributed by atoms with Gasteiger partial charge in [0.15, 0.2) is 5.69 Å². The lowest BCUT2D eigenvalue weighted by molar-refractivity contribution is -0.125. The van der Waals surface area contributed by atoms with E-state index >= 15 is 0 Å². The summed E-state index contributed by atoms with van der Waals surface area (Å²) in [5.41, 5.74) is 0.0142. The van der Waals surface area contributed by atoms with Crippen molar-refractivity contribution < 1.29 is 19.4 Å². The summed E-state index contributed by atoms with van der Waals surface area (Å²) >= 11 is 1.23. The zero-order valence-electron chi connectivity index (χ0n) is 9.88. The first-order chi connectivity index (χ1) is 8.58. The molecule has 6 nitrogen and oxygen atoms in total. The summed E-state index contributed by atoms with van der Waals surface area (Å²) in [6.45, 7) is 2.86. The summed E-state index contributed by atoms with van der Waals surface area (Å²) in [6.07, 6.45) is 0.733. The van der Waals surface area contributed by atoms with Gasteiger partial charge in [0.1, 0.15) is 5.01 Å². The Kier molecular flexibility index (Phi) is 3.93. The number of aromatic carboxylic acids is 1. The quantitative estimate of drug-likeness (QED) is 0.854. The molecule has 0 radical (unpaired) electrons. The highest BCUT2D eigenvalue weighted by Gasteiger charge is 2.25. The minimum Gasteiger partial charge on any atom is -0.476 e. The van der Waals surface area contributed by atoms with Crippen molar-refractivity contribution in [2.75, 3.05) is 13.2 Å².